The number of aryl methyl sites for hydroxylation is 1. The molecule has 2 aliphatic rings. The fourth-order valence-electron chi connectivity index (χ4n) is 4.29. The largest absolute Gasteiger partial charge is 0.274 e. The monoisotopic (exact) mass is 384 g/mol. The van der Waals surface area contributed by atoms with Gasteiger partial charge in [0.1, 0.15) is 6.04 Å². The summed E-state index contributed by atoms with van der Waals surface area (Å²) in [6.07, 6.45) is 2.43. The predicted octanol–water partition coefficient (Wildman–Crippen LogP) is 3.78. The van der Waals surface area contributed by atoms with Gasteiger partial charge in [0.2, 0.25) is 0 Å². The number of fused-ring (bicyclic) bond motifs is 3. The number of hydrogen-bond acceptors (Lipinski definition) is 4. The first-order valence-electron chi connectivity index (χ1n) is 8.79. The molecule has 2 aromatic carbocycles. The normalized spacial score (nSPS) is 24.1. The summed E-state index contributed by atoms with van der Waals surface area (Å²) < 4.78 is 28.3. The van der Waals surface area contributed by atoms with Gasteiger partial charge in [0.05, 0.1) is 16.1 Å². The van der Waals surface area contributed by atoms with E-state index >= 15 is 0 Å². The van der Waals surface area contributed by atoms with Crippen LogP contribution < -0.4 is 4.31 Å². The second-order valence-corrected chi connectivity index (χ2v) is 9.11. The molecule has 0 saturated heterocycles. The maximum atomic E-state index is 13.5. The van der Waals surface area contributed by atoms with E-state index < -0.39 is 21.6 Å². The van der Waals surface area contributed by atoms with Crippen molar-refractivity contribution in [1.82, 2.24) is 0 Å². The molecule has 27 heavy (non-hydrogen) atoms. The molecule has 0 bridgehead atoms. The van der Waals surface area contributed by atoms with Crippen LogP contribution in [0.25, 0.3) is 0 Å². The Bertz CT molecular complexity index is 1060. The fraction of sp³-hybridized carbons (Fsp3) is 0.300. The van der Waals surface area contributed by atoms with Crippen molar-refractivity contribution >= 4 is 15.7 Å². The van der Waals surface area contributed by atoms with Crippen molar-refractivity contribution in [3.63, 3.8) is 0 Å². The standard InChI is InChI=1S/C20H20N2O4S/c1-14-7-10-16(11-8-14)27(25,26)21-18-6-4-3-5-17(18)20(22(23)24)13-15(2)9-12-19(20)21/h3-11,19H,12-13H2,1-2H3/t19-,20+/m0/s1. The molecule has 0 N–H and O–H groups in total. The summed E-state index contributed by atoms with van der Waals surface area (Å²) in [6.45, 7) is 3.75. The van der Waals surface area contributed by atoms with Crippen LogP contribution in [0.15, 0.2) is 65.1 Å². The first kappa shape index (κ1) is 17.7. The summed E-state index contributed by atoms with van der Waals surface area (Å²) in [5, 5.41) is 12.3. The second-order valence-electron chi connectivity index (χ2n) is 7.29. The summed E-state index contributed by atoms with van der Waals surface area (Å²) in [5.74, 6) is 0. The molecule has 6 nitrogen and oxygen atoms in total. The van der Waals surface area contributed by atoms with Gasteiger partial charge in [-0.1, -0.05) is 41.5 Å². The Balaban J connectivity index is 1.97. The molecule has 7 heteroatoms. The predicted molar refractivity (Wildman–Crippen MR) is 103 cm³/mol. The molecule has 0 aromatic heterocycles. The van der Waals surface area contributed by atoms with Crippen LogP contribution in [0.3, 0.4) is 0 Å². The summed E-state index contributed by atoms with van der Waals surface area (Å²) in [6, 6.07) is 12.6. The van der Waals surface area contributed by atoms with Gasteiger partial charge in [0.15, 0.2) is 0 Å². The van der Waals surface area contributed by atoms with Gasteiger partial charge in [-0.25, -0.2) is 8.42 Å². The lowest BCUT2D eigenvalue weighted by atomic mass is 9.76. The maximum Gasteiger partial charge on any atom is 0.274 e. The van der Waals surface area contributed by atoms with Gasteiger partial charge >= 0.3 is 0 Å². The molecule has 1 heterocycles. The van der Waals surface area contributed by atoms with Gasteiger partial charge in [0, 0.05) is 11.3 Å². The molecule has 2 atom stereocenters. The highest BCUT2D eigenvalue weighted by Gasteiger charge is 2.64. The van der Waals surface area contributed by atoms with Crippen molar-refractivity contribution < 1.29 is 13.3 Å². The average molecular weight is 384 g/mol. The number of hydrogen-bond donors (Lipinski definition) is 0. The van der Waals surface area contributed by atoms with E-state index in [0.29, 0.717) is 17.7 Å². The lowest BCUT2D eigenvalue weighted by Crippen LogP contribution is -2.52. The fourth-order valence-corrected chi connectivity index (χ4v) is 6.01. The smallest absolute Gasteiger partial charge is 0.263 e. The van der Waals surface area contributed by atoms with Gasteiger partial charge in [-0.2, -0.15) is 0 Å². The van der Waals surface area contributed by atoms with Crippen molar-refractivity contribution in [2.75, 3.05) is 4.31 Å². The number of anilines is 1. The molecule has 0 fully saturated rings. The molecular formula is C20H20N2O4S. The van der Waals surface area contributed by atoms with Gasteiger partial charge in [0.25, 0.3) is 15.6 Å². The summed E-state index contributed by atoms with van der Waals surface area (Å²) >= 11 is 0. The summed E-state index contributed by atoms with van der Waals surface area (Å²) in [5.41, 5.74) is 1.29. The van der Waals surface area contributed by atoms with Crippen molar-refractivity contribution in [3.8, 4) is 0 Å². The highest BCUT2D eigenvalue weighted by atomic mass is 32.2. The summed E-state index contributed by atoms with van der Waals surface area (Å²) in [4.78, 5) is 12.1. The van der Waals surface area contributed by atoms with Crippen molar-refractivity contribution in [3.05, 3.63) is 81.4 Å². The molecule has 2 aromatic rings. The zero-order chi connectivity index (χ0) is 19.4. The number of nitro groups is 1. The molecule has 0 radical (unpaired) electrons. The van der Waals surface area contributed by atoms with Gasteiger partial charge in [-0.3, -0.25) is 14.4 Å². The second kappa shape index (κ2) is 5.92. The van der Waals surface area contributed by atoms with E-state index in [1.165, 1.54) is 4.31 Å². The van der Waals surface area contributed by atoms with Crippen molar-refractivity contribution in [2.45, 2.75) is 43.2 Å². The number of nitrogens with zero attached hydrogens (tertiary/aromatic N) is 2. The van der Waals surface area contributed by atoms with E-state index in [4.69, 9.17) is 0 Å². The average Bonchev–Trinajstić information content (AvgIpc) is 2.94. The van der Waals surface area contributed by atoms with Crippen LogP contribution in [-0.2, 0) is 15.6 Å². The van der Waals surface area contributed by atoms with Crippen LogP contribution >= 0.6 is 0 Å². The van der Waals surface area contributed by atoms with Crippen LogP contribution in [0.5, 0.6) is 0 Å². The molecule has 1 aliphatic carbocycles. The minimum Gasteiger partial charge on any atom is -0.263 e. The number of benzene rings is 2. The van der Waals surface area contributed by atoms with Crippen molar-refractivity contribution in [2.24, 2.45) is 0 Å². The minimum absolute atomic E-state index is 0.147. The van der Waals surface area contributed by atoms with E-state index in [1.54, 1.807) is 48.5 Å². The molecule has 0 unspecified atom stereocenters. The molecule has 1 aliphatic heterocycles. The van der Waals surface area contributed by atoms with E-state index in [1.807, 2.05) is 19.9 Å². The highest BCUT2D eigenvalue weighted by molar-refractivity contribution is 7.92. The SMILES string of the molecule is CC1=CC[C@@H]2N(S(=O)(=O)c3ccc(C)cc3)c3ccccc3[C@]2([N+](=O)[O-])C1. The first-order chi connectivity index (χ1) is 12.8. The molecule has 140 valence electrons. The van der Waals surface area contributed by atoms with E-state index in [2.05, 4.69) is 0 Å². The molecule has 0 spiro atoms. The highest BCUT2D eigenvalue weighted by Crippen LogP contribution is 2.53. The van der Waals surface area contributed by atoms with E-state index in [9.17, 15) is 18.5 Å². The Morgan fingerprint density at radius 2 is 1.78 bits per heavy atom. The van der Waals surface area contributed by atoms with Crippen molar-refractivity contribution in [1.29, 1.82) is 0 Å². The van der Waals surface area contributed by atoms with Crippen LogP contribution in [0.2, 0.25) is 0 Å². The third-order valence-corrected chi connectivity index (χ3v) is 7.42. The summed E-state index contributed by atoms with van der Waals surface area (Å²) in [7, 11) is -3.93. The van der Waals surface area contributed by atoms with Crippen LogP contribution in [0.1, 0.15) is 30.9 Å². The van der Waals surface area contributed by atoms with Gasteiger partial charge < -0.3 is 0 Å². The zero-order valence-corrected chi connectivity index (χ0v) is 15.9. The first-order valence-corrected chi connectivity index (χ1v) is 10.2. The molecular weight excluding hydrogens is 364 g/mol. The molecule has 0 saturated carbocycles. The molecule has 0 amide bonds. The third-order valence-electron chi connectivity index (χ3n) is 5.58. The van der Waals surface area contributed by atoms with Crippen LogP contribution in [0.4, 0.5) is 5.69 Å². The quantitative estimate of drug-likeness (QED) is 0.458. The topological polar surface area (TPSA) is 80.5 Å². The minimum atomic E-state index is -3.93. The lowest BCUT2D eigenvalue weighted by Gasteiger charge is -2.35. The van der Waals surface area contributed by atoms with Crippen LogP contribution in [-0.4, -0.2) is 19.4 Å². The Morgan fingerprint density at radius 3 is 2.44 bits per heavy atom. The number of rotatable bonds is 3. The Labute approximate surface area is 158 Å². The van der Waals surface area contributed by atoms with Gasteiger partial charge in [-0.15, -0.1) is 0 Å². The third kappa shape index (κ3) is 2.41. The number of para-hydroxylation sites is 1. The van der Waals surface area contributed by atoms with Gasteiger partial charge in [-0.05, 0) is 44.5 Å². The molecule has 4 rings (SSSR count). The number of sulfonamides is 1. The Hall–Kier alpha value is -2.67. The zero-order valence-electron chi connectivity index (χ0n) is 15.1. The maximum absolute atomic E-state index is 13.5. The Kier molecular flexibility index (Phi) is 3.89. The van der Waals surface area contributed by atoms with Crippen LogP contribution in [0, 0.1) is 17.0 Å². The van der Waals surface area contributed by atoms with E-state index in [-0.39, 0.29) is 16.2 Å². The van der Waals surface area contributed by atoms with E-state index in [0.717, 1.165) is 11.1 Å². The Morgan fingerprint density at radius 1 is 1.11 bits per heavy atom. The lowest BCUT2D eigenvalue weighted by molar-refractivity contribution is -0.581.